The predicted molar refractivity (Wildman–Crippen MR) is 93.2 cm³/mol. The van der Waals surface area contributed by atoms with Gasteiger partial charge >= 0.3 is 0 Å². The predicted octanol–water partition coefficient (Wildman–Crippen LogP) is 4.71. The monoisotopic (exact) mass is 308 g/mol. The highest BCUT2D eigenvalue weighted by atomic mass is 35.5. The van der Waals surface area contributed by atoms with E-state index < -0.39 is 0 Å². The van der Waals surface area contributed by atoms with Gasteiger partial charge in [-0.1, -0.05) is 32.4 Å². The number of rotatable bonds is 6. The molecule has 2 nitrogen and oxygen atoms in total. The fourth-order valence-electron chi connectivity index (χ4n) is 3.21. The first-order valence-corrected chi connectivity index (χ1v) is 8.73. The lowest BCUT2D eigenvalue weighted by molar-refractivity contribution is 0.311. The lowest BCUT2D eigenvalue weighted by Crippen LogP contribution is -2.36. The molecule has 0 aromatic heterocycles. The third kappa shape index (κ3) is 4.62. The van der Waals surface area contributed by atoms with Gasteiger partial charge in [0, 0.05) is 30.3 Å². The van der Waals surface area contributed by atoms with E-state index in [2.05, 4.69) is 43.1 Å². The van der Waals surface area contributed by atoms with E-state index in [1.807, 2.05) is 6.07 Å². The molecule has 0 atom stereocenters. The molecule has 1 heterocycles. The number of halogens is 1. The van der Waals surface area contributed by atoms with Gasteiger partial charge in [0.1, 0.15) is 0 Å². The van der Waals surface area contributed by atoms with E-state index in [1.165, 1.54) is 37.2 Å². The zero-order valence-electron chi connectivity index (χ0n) is 13.7. The largest absolute Gasteiger partial charge is 0.371 e. The minimum Gasteiger partial charge on any atom is -0.371 e. The molecule has 1 saturated heterocycles. The Labute approximate surface area is 134 Å². The van der Waals surface area contributed by atoms with Gasteiger partial charge in [-0.15, -0.1) is 0 Å². The summed E-state index contributed by atoms with van der Waals surface area (Å²) in [6, 6.07) is 6.34. The molecule has 0 amide bonds. The summed E-state index contributed by atoms with van der Waals surface area (Å²) in [5, 5.41) is 4.34. The van der Waals surface area contributed by atoms with Crippen molar-refractivity contribution in [3.8, 4) is 0 Å². The first-order chi connectivity index (χ1) is 10.1. The Kier molecular flexibility index (Phi) is 6.38. The van der Waals surface area contributed by atoms with Crippen LogP contribution in [-0.4, -0.2) is 19.6 Å². The minimum atomic E-state index is 0.808. The Bertz CT molecular complexity index is 437. The Morgan fingerprint density at radius 2 is 2.00 bits per heavy atom. The summed E-state index contributed by atoms with van der Waals surface area (Å²) in [6.45, 7) is 11.2. The standard InChI is InChI=1S/C18H29ClN2/c1-4-9-20-13-16-12-17(19)5-6-18(16)21-10-7-15(8-11-21)14(2)3/h5-6,12,14-15,20H,4,7-11,13H2,1-3H3. The highest BCUT2D eigenvalue weighted by Gasteiger charge is 2.22. The Hall–Kier alpha value is -0.730. The summed E-state index contributed by atoms with van der Waals surface area (Å²) >= 11 is 6.19. The van der Waals surface area contributed by atoms with Gasteiger partial charge < -0.3 is 10.2 Å². The van der Waals surface area contributed by atoms with Gasteiger partial charge in [-0.3, -0.25) is 0 Å². The van der Waals surface area contributed by atoms with Crippen molar-refractivity contribution in [1.29, 1.82) is 0 Å². The van der Waals surface area contributed by atoms with Crippen LogP contribution in [0.15, 0.2) is 18.2 Å². The molecule has 2 rings (SSSR count). The zero-order valence-corrected chi connectivity index (χ0v) is 14.4. The highest BCUT2D eigenvalue weighted by Crippen LogP contribution is 2.31. The quantitative estimate of drug-likeness (QED) is 0.765. The number of nitrogens with zero attached hydrogens (tertiary/aromatic N) is 1. The third-order valence-electron chi connectivity index (χ3n) is 4.61. The molecule has 1 aromatic rings. The molecule has 0 spiro atoms. The minimum absolute atomic E-state index is 0.808. The van der Waals surface area contributed by atoms with Crippen molar-refractivity contribution in [2.75, 3.05) is 24.5 Å². The number of benzene rings is 1. The molecule has 1 aromatic carbocycles. The van der Waals surface area contributed by atoms with Crippen molar-refractivity contribution in [3.05, 3.63) is 28.8 Å². The third-order valence-corrected chi connectivity index (χ3v) is 4.84. The molecule has 1 N–H and O–H groups in total. The molecule has 118 valence electrons. The van der Waals surface area contributed by atoms with E-state index in [9.17, 15) is 0 Å². The first-order valence-electron chi connectivity index (χ1n) is 8.36. The summed E-state index contributed by atoms with van der Waals surface area (Å²) in [5.74, 6) is 1.69. The van der Waals surface area contributed by atoms with Crippen LogP contribution in [0.4, 0.5) is 5.69 Å². The molecule has 0 bridgehead atoms. The average Bonchev–Trinajstić information content (AvgIpc) is 2.48. The van der Waals surface area contributed by atoms with Gasteiger partial charge in [0.05, 0.1) is 0 Å². The summed E-state index contributed by atoms with van der Waals surface area (Å²) in [4.78, 5) is 2.54. The molecule has 0 saturated carbocycles. The summed E-state index contributed by atoms with van der Waals surface area (Å²) < 4.78 is 0. The fraction of sp³-hybridized carbons (Fsp3) is 0.667. The van der Waals surface area contributed by atoms with Crippen LogP contribution in [0, 0.1) is 11.8 Å². The van der Waals surface area contributed by atoms with Crippen LogP contribution < -0.4 is 10.2 Å². The number of piperidine rings is 1. The lowest BCUT2D eigenvalue weighted by atomic mass is 9.86. The van der Waals surface area contributed by atoms with E-state index in [-0.39, 0.29) is 0 Å². The fourth-order valence-corrected chi connectivity index (χ4v) is 3.41. The van der Waals surface area contributed by atoms with Crippen molar-refractivity contribution in [2.24, 2.45) is 11.8 Å². The van der Waals surface area contributed by atoms with Crippen LogP contribution in [0.1, 0.15) is 45.6 Å². The van der Waals surface area contributed by atoms with E-state index in [0.717, 1.165) is 36.4 Å². The van der Waals surface area contributed by atoms with Crippen LogP contribution in [0.3, 0.4) is 0 Å². The Morgan fingerprint density at radius 3 is 2.62 bits per heavy atom. The van der Waals surface area contributed by atoms with Gasteiger partial charge in [0.15, 0.2) is 0 Å². The second kappa shape index (κ2) is 8.05. The van der Waals surface area contributed by atoms with Crippen LogP contribution in [0.2, 0.25) is 5.02 Å². The molecule has 1 fully saturated rings. The van der Waals surface area contributed by atoms with Gasteiger partial charge in [-0.25, -0.2) is 0 Å². The van der Waals surface area contributed by atoms with E-state index in [4.69, 9.17) is 11.6 Å². The van der Waals surface area contributed by atoms with Gasteiger partial charge in [-0.2, -0.15) is 0 Å². The molecular formula is C18H29ClN2. The maximum absolute atomic E-state index is 6.19. The Morgan fingerprint density at radius 1 is 1.29 bits per heavy atom. The maximum Gasteiger partial charge on any atom is 0.0412 e. The first kappa shape index (κ1) is 16.6. The molecule has 21 heavy (non-hydrogen) atoms. The number of anilines is 1. The second-order valence-corrected chi connectivity index (χ2v) is 6.95. The molecular weight excluding hydrogens is 280 g/mol. The molecule has 1 aliphatic rings. The normalized spacial score (nSPS) is 16.7. The van der Waals surface area contributed by atoms with Crippen molar-refractivity contribution in [2.45, 2.75) is 46.6 Å². The number of hydrogen-bond acceptors (Lipinski definition) is 2. The van der Waals surface area contributed by atoms with Crippen LogP contribution >= 0.6 is 11.6 Å². The van der Waals surface area contributed by atoms with Gasteiger partial charge in [-0.05, 0) is 61.4 Å². The van der Waals surface area contributed by atoms with Gasteiger partial charge in [0.25, 0.3) is 0 Å². The number of hydrogen-bond donors (Lipinski definition) is 1. The number of nitrogens with one attached hydrogen (secondary N) is 1. The van der Waals surface area contributed by atoms with Crippen molar-refractivity contribution in [3.63, 3.8) is 0 Å². The van der Waals surface area contributed by atoms with Crippen LogP contribution in [0.25, 0.3) is 0 Å². The highest BCUT2D eigenvalue weighted by molar-refractivity contribution is 6.30. The van der Waals surface area contributed by atoms with Gasteiger partial charge in [0.2, 0.25) is 0 Å². The smallest absolute Gasteiger partial charge is 0.0412 e. The molecule has 0 radical (unpaired) electrons. The van der Waals surface area contributed by atoms with Crippen molar-refractivity contribution >= 4 is 17.3 Å². The topological polar surface area (TPSA) is 15.3 Å². The van der Waals surface area contributed by atoms with Crippen LogP contribution in [0.5, 0.6) is 0 Å². The molecule has 0 unspecified atom stereocenters. The van der Waals surface area contributed by atoms with E-state index in [0.29, 0.717) is 0 Å². The second-order valence-electron chi connectivity index (χ2n) is 6.52. The van der Waals surface area contributed by atoms with Crippen molar-refractivity contribution in [1.82, 2.24) is 5.32 Å². The van der Waals surface area contributed by atoms with Crippen molar-refractivity contribution < 1.29 is 0 Å². The summed E-state index contributed by atoms with van der Waals surface area (Å²) in [5.41, 5.74) is 2.70. The molecule has 3 heteroatoms. The SMILES string of the molecule is CCCNCc1cc(Cl)ccc1N1CCC(C(C)C)CC1. The summed E-state index contributed by atoms with van der Waals surface area (Å²) in [6.07, 6.45) is 3.78. The Balaban J connectivity index is 2.05. The van der Waals surface area contributed by atoms with E-state index >= 15 is 0 Å². The van der Waals surface area contributed by atoms with Crippen LogP contribution in [-0.2, 0) is 6.54 Å². The molecule has 1 aliphatic heterocycles. The molecule has 0 aliphatic carbocycles. The lowest BCUT2D eigenvalue weighted by Gasteiger charge is -2.36. The van der Waals surface area contributed by atoms with E-state index in [1.54, 1.807) is 0 Å². The average molecular weight is 309 g/mol. The zero-order chi connectivity index (χ0) is 15.2. The maximum atomic E-state index is 6.19. The summed E-state index contributed by atoms with van der Waals surface area (Å²) in [7, 11) is 0.